The molecule has 2 amide bonds. The molecule has 1 aliphatic heterocycles. The Balaban J connectivity index is 2.35. The van der Waals surface area contributed by atoms with Gasteiger partial charge in [-0.3, -0.25) is 9.59 Å². The first kappa shape index (κ1) is 16.0. The lowest BCUT2D eigenvalue weighted by molar-refractivity contribution is -0.133. The molecule has 1 fully saturated rings. The predicted octanol–water partition coefficient (Wildman–Crippen LogP) is 0.797. The van der Waals surface area contributed by atoms with E-state index < -0.39 is 0 Å². The Hall–Kier alpha value is -1.10. The topological polar surface area (TPSA) is 70.2 Å². The number of amides is 2. The average Bonchev–Trinajstić information content (AvgIpc) is 2.38. The maximum atomic E-state index is 12.3. The van der Waals surface area contributed by atoms with Crippen molar-refractivity contribution in [2.24, 2.45) is 5.41 Å². The van der Waals surface area contributed by atoms with Gasteiger partial charge in [0, 0.05) is 19.0 Å². The average molecular weight is 269 g/mol. The van der Waals surface area contributed by atoms with E-state index in [2.05, 4.69) is 22.9 Å². The molecule has 5 nitrogen and oxygen atoms in total. The van der Waals surface area contributed by atoms with Gasteiger partial charge >= 0.3 is 0 Å². The second-order valence-corrected chi connectivity index (χ2v) is 5.61. The van der Waals surface area contributed by atoms with E-state index in [-0.39, 0.29) is 23.3 Å². The summed E-state index contributed by atoms with van der Waals surface area (Å²) in [6.07, 6.45) is 2.97. The fourth-order valence-corrected chi connectivity index (χ4v) is 2.52. The van der Waals surface area contributed by atoms with Crippen molar-refractivity contribution >= 4 is 11.8 Å². The standard InChI is InChI=1S/C14H27N3O2/c1-4-14(6-9-15-10-7-14)13(19)16-8-5-12(18)17-11(2)3/h11,15H,4-10H2,1-3H3,(H,16,19)(H,17,18). The Labute approximate surface area is 115 Å². The van der Waals surface area contributed by atoms with Gasteiger partial charge in [-0.2, -0.15) is 0 Å². The summed E-state index contributed by atoms with van der Waals surface area (Å²) < 4.78 is 0. The summed E-state index contributed by atoms with van der Waals surface area (Å²) in [5.41, 5.74) is -0.236. The SMILES string of the molecule is CCC1(C(=O)NCCC(=O)NC(C)C)CCNCC1. The fraction of sp³-hybridized carbons (Fsp3) is 0.857. The van der Waals surface area contributed by atoms with Crippen molar-refractivity contribution in [1.29, 1.82) is 0 Å². The van der Waals surface area contributed by atoms with Crippen LogP contribution in [0, 0.1) is 5.41 Å². The van der Waals surface area contributed by atoms with Gasteiger partial charge in [0.1, 0.15) is 0 Å². The first-order chi connectivity index (χ1) is 9.00. The van der Waals surface area contributed by atoms with Gasteiger partial charge in [0.25, 0.3) is 0 Å². The van der Waals surface area contributed by atoms with Gasteiger partial charge in [-0.05, 0) is 46.2 Å². The summed E-state index contributed by atoms with van der Waals surface area (Å²) in [7, 11) is 0. The smallest absolute Gasteiger partial charge is 0.226 e. The number of carbonyl (C=O) groups is 2. The molecular formula is C14H27N3O2. The number of hydrogen-bond donors (Lipinski definition) is 3. The van der Waals surface area contributed by atoms with Crippen molar-refractivity contribution in [2.45, 2.75) is 52.5 Å². The van der Waals surface area contributed by atoms with Crippen molar-refractivity contribution in [3.8, 4) is 0 Å². The summed E-state index contributed by atoms with van der Waals surface area (Å²) >= 11 is 0. The number of hydrogen-bond acceptors (Lipinski definition) is 3. The molecule has 0 saturated carbocycles. The van der Waals surface area contributed by atoms with Gasteiger partial charge in [0.2, 0.25) is 11.8 Å². The highest BCUT2D eigenvalue weighted by atomic mass is 16.2. The highest BCUT2D eigenvalue weighted by Gasteiger charge is 2.37. The Morgan fingerprint density at radius 2 is 1.89 bits per heavy atom. The molecule has 1 aliphatic rings. The van der Waals surface area contributed by atoms with Crippen LogP contribution < -0.4 is 16.0 Å². The normalized spacial score (nSPS) is 18.1. The second kappa shape index (κ2) is 7.48. The molecule has 0 aromatic heterocycles. The lowest BCUT2D eigenvalue weighted by Gasteiger charge is -2.35. The molecule has 0 unspecified atom stereocenters. The van der Waals surface area contributed by atoms with Gasteiger partial charge in [-0.25, -0.2) is 0 Å². The third kappa shape index (κ3) is 4.82. The molecular weight excluding hydrogens is 242 g/mol. The van der Waals surface area contributed by atoms with E-state index in [9.17, 15) is 9.59 Å². The summed E-state index contributed by atoms with van der Waals surface area (Å²) in [4.78, 5) is 23.8. The molecule has 1 heterocycles. The van der Waals surface area contributed by atoms with Gasteiger partial charge in [-0.15, -0.1) is 0 Å². The molecule has 0 aliphatic carbocycles. The third-order valence-corrected chi connectivity index (χ3v) is 3.81. The first-order valence-electron chi connectivity index (χ1n) is 7.28. The molecule has 110 valence electrons. The number of rotatable bonds is 6. The Morgan fingerprint density at radius 3 is 2.42 bits per heavy atom. The van der Waals surface area contributed by atoms with E-state index in [1.807, 2.05) is 13.8 Å². The third-order valence-electron chi connectivity index (χ3n) is 3.81. The van der Waals surface area contributed by atoms with Crippen LogP contribution in [0.25, 0.3) is 0 Å². The maximum Gasteiger partial charge on any atom is 0.226 e. The Kier molecular flexibility index (Phi) is 6.28. The van der Waals surface area contributed by atoms with Crippen LogP contribution in [0.2, 0.25) is 0 Å². The number of carbonyl (C=O) groups excluding carboxylic acids is 2. The first-order valence-corrected chi connectivity index (χ1v) is 7.28. The van der Waals surface area contributed by atoms with Gasteiger partial charge in [0.05, 0.1) is 5.41 Å². The van der Waals surface area contributed by atoms with E-state index in [0.29, 0.717) is 13.0 Å². The highest BCUT2D eigenvalue weighted by molar-refractivity contribution is 5.83. The van der Waals surface area contributed by atoms with Crippen molar-refractivity contribution in [3.63, 3.8) is 0 Å². The minimum atomic E-state index is -0.236. The van der Waals surface area contributed by atoms with E-state index in [1.165, 1.54) is 0 Å². The second-order valence-electron chi connectivity index (χ2n) is 5.61. The zero-order valence-corrected chi connectivity index (χ0v) is 12.3. The minimum absolute atomic E-state index is 0.00819. The predicted molar refractivity (Wildman–Crippen MR) is 75.7 cm³/mol. The molecule has 0 spiro atoms. The van der Waals surface area contributed by atoms with E-state index >= 15 is 0 Å². The van der Waals surface area contributed by atoms with Crippen LogP contribution in [-0.2, 0) is 9.59 Å². The minimum Gasteiger partial charge on any atom is -0.355 e. The van der Waals surface area contributed by atoms with Gasteiger partial charge < -0.3 is 16.0 Å². The summed E-state index contributed by atoms with van der Waals surface area (Å²) in [5.74, 6) is 0.0972. The van der Waals surface area contributed by atoms with Crippen LogP contribution >= 0.6 is 0 Å². The molecule has 0 aromatic rings. The van der Waals surface area contributed by atoms with Crippen LogP contribution in [0.5, 0.6) is 0 Å². The molecule has 1 saturated heterocycles. The Bertz CT molecular complexity index is 310. The molecule has 0 aromatic carbocycles. The molecule has 5 heteroatoms. The Morgan fingerprint density at radius 1 is 1.26 bits per heavy atom. The van der Waals surface area contributed by atoms with E-state index in [1.54, 1.807) is 0 Å². The largest absolute Gasteiger partial charge is 0.355 e. The summed E-state index contributed by atoms with van der Waals surface area (Å²) in [6, 6.07) is 0.148. The summed E-state index contributed by atoms with van der Waals surface area (Å²) in [5, 5.41) is 9.02. The fourth-order valence-electron chi connectivity index (χ4n) is 2.52. The molecule has 0 atom stereocenters. The summed E-state index contributed by atoms with van der Waals surface area (Å²) in [6.45, 7) is 8.14. The van der Waals surface area contributed by atoms with Crippen molar-refractivity contribution in [3.05, 3.63) is 0 Å². The zero-order chi connectivity index (χ0) is 14.3. The number of nitrogens with one attached hydrogen (secondary N) is 3. The van der Waals surface area contributed by atoms with Crippen LogP contribution in [0.15, 0.2) is 0 Å². The zero-order valence-electron chi connectivity index (χ0n) is 12.3. The quantitative estimate of drug-likeness (QED) is 0.668. The van der Waals surface area contributed by atoms with Gasteiger partial charge in [0.15, 0.2) is 0 Å². The van der Waals surface area contributed by atoms with Gasteiger partial charge in [-0.1, -0.05) is 6.92 Å². The van der Waals surface area contributed by atoms with Crippen LogP contribution in [0.1, 0.15) is 46.5 Å². The molecule has 0 bridgehead atoms. The maximum absolute atomic E-state index is 12.3. The molecule has 1 rings (SSSR count). The van der Waals surface area contributed by atoms with E-state index in [4.69, 9.17) is 0 Å². The van der Waals surface area contributed by atoms with Crippen molar-refractivity contribution < 1.29 is 9.59 Å². The van der Waals surface area contributed by atoms with E-state index in [0.717, 1.165) is 32.4 Å². The van der Waals surface area contributed by atoms with Crippen LogP contribution in [0.3, 0.4) is 0 Å². The highest BCUT2D eigenvalue weighted by Crippen LogP contribution is 2.32. The molecule has 19 heavy (non-hydrogen) atoms. The molecule has 0 radical (unpaired) electrons. The van der Waals surface area contributed by atoms with Crippen molar-refractivity contribution in [1.82, 2.24) is 16.0 Å². The van der Waals surface area contributed by atoms with Crippen molar-refractivity contribution in [2.75, 3.05) is 19.6 Å². The lowest BCUT2D eigenvalue weighted by atomic mass is 9.76. The van der Waals surface area contributed by atoms with Crippen LogP contribution in [0.4, 0.5) is 0 Å². The molecule has 3 N–H and O–H groups in total. The lowest BCUT2D eigenvalue weighted by Crippen LogP contribution is -2.48. The monoisotopic (exact) mass is 269 g/mol. The van der Waals surface area contributed by atoms with Crippen LogP contribution in [-0.4, -0.2) is 37.5 Å². The number of piperidine rings is 1.